The number of hydrazone groups is 1. The van der Waals surface area contributed by atoms with Crippen LogP contribution in [-0.2, 0) is 16.0 Å². The molecule has 0 aliphatic heterocycles. The Labute approximate surface area is 257 Å². The Bertz CT molecular complexity index is 1410. The third kappa shape index (κ3) is 10.3. The average Bonchev–Trinajstić information content (AvgIpc) is 2.95. The van der Waals surface area contributed by atoms with E-state index in [1.54, 1.807) is 30.3 Å². The SMILES string of the molecule is C#CCOc1c(Br)cc(/C=N\NC(=O)[C@H](Cc2ccccc2)NC(=O)CCCOc2ccc(Cl)cc2Cl)cc1OC. The number of carbonyl (C=O) groups excluding carboxylic acids is 2. The van der Waals surface area contributed by atoms with Crippen molar-refractivity contribution < 1.29 is 23.8 Å². The molecule has 1 atom stereocenters. The van der Waals surface area contributed by atoms with Gasteiger partial charge in [0.05, 0.1) is 29.4 Å². The van der Waals surface area contributed by atoms with Gasteiger partial charge in [-0.3, -0.25) is 9.59 Å². The highest BCUT2D eigenvalue weighted by Gasteiger charge is 2.21. The van der Waals surface area contributed by atoms with Gasteiger partial charge in [0.25, 0.3) is 5.91 Å². The molecule has 3 aromatic carbocycles. The molecule has 0 bridgehead atoms. The minimum Gasteiger partial charge on any atom is -0.493 e. The maximum atomic E-state index is 13.1. The molecule has 0 aliphatic carbocycles. The third-order valence-electron chi connectivity index (χ3n) is 5.57. The first-order valence-corrected chi connectivity index (χ1v) is 14.0. The van der Waals surface area contributed by atoms with Crippen LogP contribution >= 0.6 is 39.1 Å². The normalized spacial score (nSPS) is 11.4. The molecule has 2 amide bonds. The summed E-state index contributed by atoms with van der Waals surface area (Å²) in [6.45, 7) is 0.344. The number of terminal acetylenes is 1. The smallest absolute Gasteiger partial charge is 0.262 e. The van der Waals surface area contributed by atoms with Crippen LogP contribution in [0, 0.1) is 12.3 Å². The maximum absolute atomic E-state index is 13.1. The number of methoxy groups -OCH3 is 1. The molecule has 214 valence electrons. The lowest BCUT2D eigenvalue weighted by molar-refractivity contribution is -0.129. The van der Waals surface area contributed by atoms with Crippen molar-refractivity contribution in [3.05, 3.63) is 86.3 Å². The van der Waals surface area contributed by atoms with E-state index in [1.807, 2.05) is 30.3 Å². The van der Waals surface area contributed by atoms with Gasteiger partial charge >= 0.3 is 0 Å². The molecule has 2 N–H and O–H groups in total. The maximum Gasteiger partial charge on any atom is 0.262 e. The van der Waals surface area contributed by atoms with E-state index in [2.05, 4.69) is 37.7 Å². The Morgan fingerprint density at radius 2 is 1.88 bits per heavy atom. The largest absolute Gasteiger partial charge is 0.493 e. The summed E-state index contributed by atoms with van der Waals surface area (Å²) in [6.07, 6.45) is 7.58. The number of nitrogens with one attached hydrogen (secondary N) is 2. The molecule has 0 spiro atoms. The zero-order valence-corrected chi connectivity index (χ0v) is 25.3. The molecule has 0 fully saturated rings. The highest BCUT2D eigenvalue weighted by molar-refractivity contribution is 9.10. The molecule has 8 nitrogen and oxygen atoms in total. The number of hydrogen-bond acceptors (Lipinski definition) is 6. The molecule has 41 heavy (non-hydrogen) atoms. The molecule has 3 aromatic rings. The van der Waals surface area contributed by atoms with Gasteiger partial charge in [-0.25, -0.2) is 5.43 Å². The monoisotopic (exact) mass is 659 g/mol. The third-order valence-corrected chi connectivity index (χ3v) is 6.69. The zero-order chi connectivity index (χ0) is 29.6. The van der Waals surface area contributed by atoms with E-state index in [0.717, 1.165) is 5.56 Å². The van der Waals surface area contributed by atoms with Crippen LogP contribution in [0.1, 0.15) is 24.0 Å². The summed E-state index contributed by atoms with van der Waals surface area (Å²) in [4.78, 5) is 25.8. The second kappa shape index (κ2) is 16.5. The van der Waals surface area contributed by atoms with E-state index in [-0.39, 0.29) is 32.0 Å². The van der Waals surface area contributed by atoms with Gasteiger partial charge in [-0.2, -0.15) is 5.10 Å². The van der Waals surface area contributed by atoms with Crippen molar-refractivity contribution in [2.75, 3.05) is 20.3 Å². The van der Waals surface area contributed by atoms with Gasteiger partial charge in [0.2, 0.25) is 5.91 Å². The van der Waals surface area contributed by atoms with Gasteiger partial charge in [0.15, 0.2) is 11.5 Å². The van der Waals surface area contributed by atoms with Gasteiger partial charge in [-0.15, -0.1) is 6.42 Å². The second-order valence-electron chi connectivity index (χ2n) is 8.60. The second-order valence-corrected chi connectivity index (χ2v) is 10.3. The highest BCUT2D eigenvalue weighted by atomic mass is 79.9. The van der Waals surface area contributed by atoms with Crippen LogP contribution in [0.15, 0.2) is 70.2 Å². The highest BCUT2D eigenvalue weighted by Crippen LogP contribution is 2.36. The van der Waals surface area contributed by atoms with Crippen LogP contribution in [0.2, 0.25) is 10.0 Å². The average molecular weight is 661 g/mol. The molecule has 0 aliphatic rings. The number of rotatable bonds is 14. The Hall–Kier alpha value is -3.71. The Morgan fingerprint density at radius 1 is 1.10 bits per heavy atom. The van der Waals surface area contributed by atoms with Gasteiger partial charge in [-0.1, -0.05) is 59.5 Å². The fraction of sp³-hybridized carbons (Fsp3) is 0.233. The Kier molecular flexibility index (Phi) is 12.8. The van der Waals surface area contributed by atoms with Crippen LogP contribution in [0.25, 0.3) is 0 Å². The van der Waals surface area contributed by atoms with Crippen molar-refractivity contribution in [2.45, 2.75) is 25.3 Å². The molecule has 0 saturated heterocycles. The summed E-state index contributed by atoms with van der Waals surface area (Å²) in [5.41, 5.74) is 4.03. The standard InChI is InChI=1S/C30H28BrCl2N3O5/c1-3-13-41-29-23(31)15-21(17-27(29)39-2)19-34-36-30(38)25(16-20-8-5-4-6-9-20)35-28(37)10-7-14-40-26-12-11-22(32)18-24(26)33/h1,4-6,8-9,11-12,15,17-19,25H,7,10,13-14,16H2,2H3,(H,35,37)(H,36,38)/b34-19-/t25-/m0/s1. The molecule has 0 saturated carbocycles. The van der Waals surface area contributed by atoms with E-state index in [0.29, 0.717) is 43.8 Å². The van der Waals surface area contributed by atoms with Crippen LogP contribution in [0.3, 0.4) is 0 Å². The fourth-order valence-electron chi connectivity index (χ4n) is 3.65. The number of benzene rings is 3. The summed E-state index contributed by atoms with van der Waals surface area (Å²) in [5.74, 6) is 3.02. The summed E-state index contributed by atoms with van der Waals surface area (Å²) in [6, 6.07) is 16.9. The first-order chi connectivity index (χ1) is 19.8. The molecule has 11 heteroatoms. The van der Waals surface area contributed by atoms with Crippen LogP contribution in [-0.4, -0.2) is 44.4 Å². The number of amides is 2. The molecule has 0 heterocycles. The quantitative estimate of drug-likeness (QED) is 0.0984. The molecule has 0 aromatic heterocycles. The van der Waals surface area contributed by atoms with Crippen molar-refractivity contribution in [3.63, 3.8) is 0 Å². The minimum absolute atomic E-state index is 0.0801. The number of nitrogens with zero attached hydrogens (tertiary/aromatic N) is 1. The van der Waals surface area contributed by atoms with Crippen LogP contribution in [0.5, 0.6) is 17.2 Å². The molecule has 0 radical (unpaired) electrons. The van der Waals surface area contributed by atoms with Crippen molar-refractivity contribution in [2.24, 2.45) is 5.10 Å². The zero-order valence-electron chi connectivity index (χ0n) is 22.2. The number of carbonyl (C=O) groups is 2. The first kappa shape index (κ1) is 31.8. The van der Waals surface area contributed by atoms with Gasteiger partial charge in [-0.05, 0) is 63.8 Å². The summed E-state index contributed by atoms with van der Waals surface area (Å²) in [5, 5.41) is 7.77. The lowest BCUT2D eigenvalue weighted by Crippen LogP contribution is -2.46. The number of halogens is 3. The van der Waals surface area contributed by atoms with E-state index in [9.17, 15) is 9.59 Å². The summed E-state index contributed by atoms with van der Waals surface area (Å²) in [7, 11) is 1.50. The molecule has 3 rings (SSSR count). The van der Waals surface area contributed by atoms with Crippen LogP contribution < -0.4 is 25.0 Å². The molecule has 0 unspecified atom stereocenters. The predicted octanol–water partition coefficient (Wildman–Crippen LogP) is 5.81. The van der Waals surface area contributed by atoms with Crippen molar-refractivity contribution >= 4 is 57.2 Å². The van der Waals surface area contributed by atoms with Crippen molar-refractivity contribution in [1.29, 1.82) is 0 Å². The van der Waals surface area contributed by atoms with E-state index < -0.39 is 11.9 Å². The Morgan fingerprint density at radius 3 is 2.59 bits per heavy atom. The number of ether oxygens (including phenoxy) is 3. The van der Waals surface area contributed by atoms with E-state index >= 15 is 0 Å². The Balaban J connectivity index is 1.60. The topological polar surface area (TPSA) is 98.2 Å². The van der Waals surface area contributed by atoms with Gasteiger partial charge < -0.3 is 19.5 Å². The first-order valence-electron chi connectivity index (χ1n) is 12.5. The number of hydrogen-bond donors (Lipinski definition) is 2. The van der Waals surface area contributed by atoms with Gasteiger partial charge in [0.1, 0.15) is 18.4 Å². The van der Waals surface area contributed by atoms with Crippen molar-refractivity contribution in [3.8, 4) is 29.6 Å². The summed E-state index contributed by atoms with van der Waals surface area (Å²) >= 11 is 15.4. The predicted molar refractivity (Wildman–Crippen MR) is 164 cm³/mol. The van der Waals surface area contributed by atoms with E-state index in [4.69, 9.17) is 43.8 Å². The fourth-order valence-corrected chi connectivity index (χ4v) is 4.69. The lowest BCUT2D eigenvalue weighted by Gasteiger charge is -2.17. The molecular weight excluding hydrogens is 633 g/mol. The summed E-state index contributed by atoms with van der Waals surface area (Å²) < 4.78 is 17.1. The van der Waals surface area contributed by atoms with E-state index in [1.165, 1.54) is 13.3 Å². The molecular formula is C30H28BrCl2N3O5. The van der Waals surface area contributed by atoms with Crippen LogP contribution in [0.4, 0.5) is 0 Å². The van der Waals surface area contributed by atoms with Gasteiger partial charge in [0, 0.05) is 17.9 Å². The lowest BCUT2D eigenvalue weighted by atomic mass is 10.1. The minimum atomic E-state index is -0.852. The van der Waals surface area contributed by atoms with Crippen molar-refractivity contribution in [1.82, 2.24) is 10.7 Å².